The van der Waals surface area contributed by atoms with Gasteiger partial charge in [-0.3, -0.25) is 0 Å². The van der Waals surface area contributed by atoms with Crippen LogP contribution < -0.4 is 0 Å². The molecule has 0 bridgehead atoms. The first-order valence-electron chi connectivity index (χ1n) is 5.95. The monoisotopic (exact) mass is 306 g/mol. The smallest absolute Gasteiger partial charge is 0.138 e. The van der Waals surface area contributed by atoms with Gasteiger partial charge >= 0.3 is 0 Å². The Kier molecular flexibility index (Phi) is 5.49. The molecule has 0 aromatic heterocycles. The van der Waals surface area contributed by atoms with E-state index in [1.807, 2.05) is 24.3 Å². The standard InChI is InChI=1S/C16H12ClFOS/c17-14-4-6-15(7-5-14)20-11-12-3-8-16(18)13(10-12)2-1-9-19/h3-8,10,19H,9,11H2. The quantitative estimate of drug-likeness (QED) is 0.680. The first kappa shape index (κ1) is 14.9. The maximum Gasteiger partial charge on any atom is 0.138 e. The minimum Gasteiger partial charge on any atom is -0.384 e. The summed E-state index contributed by atoms with van der Waals surface area (Å²) in [7, 11) is 0. The summed E-state index contributed by atoms with van der Waals surface area (Å²) < 4.78 is 13.5. The second-order valence-corrected chi connectivity index (χ2v) is 5.50. The Hall–Kier alpha value is -1.47. The number of hydrogen-bond donors (Lipinski definition) is 1. The second kappa shape index (κ2) is 7.35. The van der Waals surface area contributed by atoms with Crippen molar-refractivity contribution in [2.75, 3.05) is 6.61 Å². The number of aliphatic hydroxyl groups is 1. The van der Waals surface area contributed by atoms with Gasteiger partial charge in [-0.25, -0.2) is 4.39 Å². The van der Waals surface area contributed by atoms with Crippen molar-refractivity contribution in [3.8, 4) is 11.8 Å². The van der Waals surface area contributed by atoms with Crippen molar-refractivity contribution in [1.82, 2.24) is 0 Å². The first-order chi connectivity index (χ1) is 9.69. The molecule has 0 amide bonds. The van der Waals surface area contributed by atoms with Crippen LogP contribution in [0.5, 0.6) is 0 Å². The van der Waals surface area contributed by atoms with Gasteiger partial charge in [0.2, 0.25) is 0 Å². The lowest BCUT2D eigenvalue weighted by Gasteiger charge is -2.04. The van der Waals surface area contributed by atoms with Crippen LogP contribution in [0, 0.1) is 17.7 Å². The molecule has 20 heavy (non-hydrogen) atoms. The van der Waals surface area contributed by atoms with Gasteiger partial charge in [-0.1, -0.05) is 29.5 Å². The minimum atomic E-state index is -0.369. The zero-order valence-corrected chi connectivity index (χ0v) is 12.1. The van der Waals surface area contributed by atoms with E-state index >= 15 is 0 Å². The highest BCUT2D eigenvalue weighted by Crippen LogP contribution is 2.25. The largest absolute Gasteiger partial charge is 0.384 e. The molecule has 1 N–H and O–H groups in total. The molecule has 0 aliphatic heterocycles. The average molecular weight is 307 g/mol. The Morgan fingerprint density at radius 3 is 2.60 bits per heavy atom. The number of rotatable bonds is 3. The van der Waals surface area contributed by atoms with Gasteiger partial charge in [0.25, 0.3) is 0 Å². The predicted octanol–water partition coefficient (Wildman–Crippen LogP) is 4.12. The summed E-state index contributed by atoms with van der Waals surface area (Å²) in [6.45, 7) is -0.275. The van der Waals surface area contributed by atoms with Gasteiger partial charge in [-0.15, -0.1) is 11.8 Å². The molecule has 0 aliphatic carbocycles. The SMILES string of the molecule is OCC#Cc1cc(CSc2ccc(Cl)cc2)ccc1F. The Balaban J connectivity index is 2.08. The number of hydrogen-bond acceptors (Lipinski definition) is 2. The fourth-order valence-electron chi connectivity index (χ4n) is 1.59. The predicted molar refractivity (Wildman–Crippen MR) is 81.4 cm³/mol. The molecule has 0 spiro atoms. The summed E-state index contributed by atoms with van der Waals surface area (Å²) in [6.07, 6.45) is 0. The zero-order valence-electron chi connectivity index (χ0n) is 10.6. The second-order valence-electron chi connectivity index (χ2n) is 4.02. The topological polar surface area (TPSA) is 20.2 Å². The molecule has 0 saturated carbocycles. The maximum absolute atomic E-state index is 13.5. The molecule has 1 nitrogen and oxygen atoms in total. The Morgan fingerprint density at radius 1 is 1.15 bits per heavy atom. The highest BCUT2D eigenvalue weighted by molar-refractivity contribution is 7.98. The molecule has 0 fully saturated rings. The number of thioether (sulfide) groups is 1. The summed E-state index contributed by atoms with van der Waals surface area (Å²) in [6, 6.07) is 12.4. The van der Waals surface area contributed by atoms with Crippen LogP contribution >= 0.6 is 23.4 Å². The molecule has 0 heterocycles. The van der Waals surface area contributed by atoms with Crippen LogP contribution in [0.4, 0.5) is 4.39 Å². The molecule has 0 saturated heterocycles. The lowest BCUT2D eigenvalue weighted by molar-refractivity contribution is 0.350. The van der Waals surface area contributed by atoms with Gasteiger partial charge in [0, 0.05) is 15.7 Å². The minimum absolute atomic E-state index is 0.275. The van der Waals surface area contributed by atoms with Crippen molar-refractivity contribution in [2.24, 2.45) is 0 Å². The molecule has 4 heteroatoms. The van der Waals surface area contributed by atoms with E-state index in [0.717, 1.165) is 16.2 Å². The van der Waals surface area contributed by atoms with Gasteiger partial charge in [0.05, 0.1) is 5.56 Å². The molecule has 2 aromatic rings. The summed E-state index contributed by atoms with van der Waals surface area (Å²) >= 11 is 7.47. The number of aliphatic hydroxyl groups excluding tert-OH is 1. The van der Waals surface area contributed by atoms with Gasteiger partial charge in [-0.2, -0.15) is 0 Å². The van der Waals surface area contributed by atoms with E-state index in [-0.39, 0.29) is 12.4 Å². The van der Waals surface area contributed by atoms with Crippen molar-refractivity contribution in [3.05, 3.63) is 64.4 Å². The van der Waals surface area contributed by atoms with Crippen molar-refractivity contribution < 1.29 is 9.50 Å². The molecule has 2 rings (SSSR count). The summed E-state index contributed by atoms with van der Waals surface area (Å²) in [4.78, 5) is 1.10. The van der Waals surface area contributed by atoms with Crippen LogP contribution in [0.3, 0.4) is 0 Å². The van der Waals surface area contributed by atoms with E-state index in [0.29, 0.717) is 10.6 Å². The number of halogens is 2. The van der Waals surface area contributed by atoms with Gasteiger partial charge in [0.1, 0.15) is 12.4 Å². The molecule has 2 aromatic carbocycles. The fraction of sp³-hybridized carbons (Fsp3) is 0.125. The van der Waals surface area contributed by atoms with Crippen molar-refractivity contribution in [2.45, 2.75) is 10.6 Å². The third-order valence-electron chi connectivity index (χ3n) is 2.55. The summed E-state index contributed by atoms with van der Waals surface area (Å²) in [5, 5.41) is 9.36. The third kappa shape index (κ3) is 4.28. The van der Waals surface area contributed by atoms with Crippen molar-refractivity contribution in [1.29, 1.82) is 0 Å². The molecule has 0 aliphatic rings. The van der Waals surface area contributed by atoms with E-state index in [1.54, 1.807) is 23.9 Å². The van der Waals surface area contributed by atoms with Crippen molar-refractivity contribution in [3.63, 3.8) is 0 Å². The normalized spacial score (nSPS) is 9.95. The van der Waals surface area contributed by atoms with Gasteiger partial charge in [-0.05, 0) is 42.0 Å². The van der Waals surface area contributed by atoms with Crippen LogP contribution in [-0.4, -0.2) is 11.7 Å². The highest BCUT2D eigenvalue weighted by Gasteiger charge is 2.02. The van der Waals surface area contributed by atoms with Crippen LogP contribution in [0.2, 0.25) is 5.02 Å². The Labute approximate surface area is 126 Å². The molecular weight excluding hydrogens is 295 g/mol. The Bertz CT molecular complexity index is 644. The van der Waals surface area contributed by atoms with Crippen LogP contribution in [0.15, 0.2) is 47.4 Å². The molecular formula is C16H12ClFOS. The molecule has 0 unspecified atom stereocenters. The van der Waals surface area contributed by atoms with E-state index in [9.17, 15) is 4.39 Å². The average Bonchev–Trinajstić information content (AvgIpc) is 2.46. The lowest BCUT2D eigenvalue weighted by atomic mass is 10.1. The van der Waals surface area contributed by atoms with E-state index in [2.05, 4.69) is 11.8 Å². The molecule has 0 atom stereocenters. The van der Waals surface area contributed by atoms with E-state index in [4.69, 9.17) is 16.7 Å². The Morgan fingerprint density at radius 2 is 1.90 bits per heavy atom. The van der Waals surface area contributed by atoms with Crippen LogP contribution in [-0.2, 0) is 5.75 Å². The van der Waals surface area contributed by atoms with Crippen LogP contribution in [0.25, 0.3) is 0 Å². The van der Waals surface area contributed by atoms with Gasteiger partial charge < -0.3 is 5.11 Å². The van der Waals surface area contributed by atoms with Gasteiger partial charge in [0.15, 0.2) is 0 Å². The first-order valence-corrected chi connectivity index (χ1v) is 7.32. The lowest BCUT2D eigenvalue weighted by Crippen LogP contribution is -1.88. The third-order valence-corrected chi connectivity index (χ3v) is 3.89. The number of benzene rings is 2. The van der Waals surface area contributed by atoms with Crippen molar-refractivity contribution >= 4 is 23.4 Å². The molecule has 0 radical (unpaired) electrons. The fourth-order valence-corrected chi connectivity index (χ4v) is 2.56. The summed E-state index contributed by atoms with van der Waals surface area (Å²) in [5.41, 5.74) is 1.29. The van der Waals surface area contributed by atoms with Crippen LogP contribution in [0.1, 0.15) is 11.1 Å². The van der Waals surface area contributed by atoms with E-state index < -0.39 is 0 Å². The maximum atomic E-state index is 13.5. The van der Waals surface area contributed by atoms with E-state index in [1.165, 1.54) is 6.07 Å². The summed E-state index contributed by atoms with van der Waals surface area (Å²) in [5.74, 6) is 5.41. The molecule has 102 valence electrons. The highest BCUT2D eigenvalue weighted by atomic mass is 35.5. The zero-order chi connectivity index (χ0) is 14.4.